The number of anilines is 3. The van der Waals surface area contributed by atoms with Crippen molar-refractivity contribution in [2.75, 3.05) is 4.90 Å². The van der Waals surface area contributed by atoms with Crippen LogP contribution in [0.15, 0.2) is 176 Å². The Morgan fingerprint density at radius 3 is 1.85 bits per heavy atom. The maximum Gasteiger partial charge on any atom is 0.252 e. The van der Waals surface area contributed by atoms with Crippen LogP contribution < -0.4 is 21.3 Å². The van der Waals surface area contributed by atoms with E-state index in [1.54, 1.807) is 5.56 Å². The maximum absolute atomic E-state index is 2.79. The summed E-state index contributed by atoms with van der Waals surface area (Å²) in [6.07, 6.45) is 5.58. The van der Waals surface area contributed by atoms with Crippen molar-refractivity contribution in [3.05, 3.63) is 204 Å². The summed E-state index contributed by atoms with van der Waals surface area (Å²) in [5, 5.41) is 8.18. The SMILES string of the molecule is CC(C)(C)c1ccc(N2c3ccc(C(C)(C)C)cc3B3c4c2cc(-n2c5cccc6c5c5c7c(cccc7ccc52)-c2ccccc2-6)cc4-n2c4ccc(C56CC7CC5CC7C6)cc4c4c5c(cc3c42)-c2ccccc2C5(C)C)cc1. The van der Waals surface area contributed by atoms with Crippen LogP contribution in [0.1, 0.15) is 109 Å². The zero-order valence-corrected chi connectivity index (χ0v) is 47.7. The number of fused-ring (bicyclic) bond motifs is 14. The molecule has 4 bridgehead atoms. The van der Waals surface area contributed by atoms with E-state index < -0.39 is 0 Å². The Bertz CT molecular complexity index is 4900. The van der Waals surface area contributed by atoms with Crippen LogP contribution in [-0.4, -0.2) is 15.8 Å². The van der Waals surface area contributed by atoms with E-state index >= 15 is 0 Å². The van der Waals surface area contributed by atoms with Gasteiger partial charge in [0.05, 0.1) is 22.2 Å². The molecule has 2 aromatic heterocycles. The van der Waals surface area contributed by atoms with Crippen LogP contribution >= 0.6 is 0 Å². The average molecular weight is 1040 g/mol. The first-order valence-corrected chi connectivity index (χ1v) is 30.2. The van der Waals surface area contributed by atoms with Gasteiger partial charge in [-0.1, -0.05) is 177 Å². The normalized spacial score (nSPS) is 20.9. The van der Waals surface area contributed by atoms with Crippen molar-refractivity contribution in [3.8, 4) is 44.8 Å². The van der Waals surface area contributed by atoms with Gasteiger partial charge in [0.25, 0.3) is 6.71 Å². The van der Waals surface area contributed by atoms with E-state index in [2.05, 4.69) is 245 Å². The summed E-state index contributed by atoms with van der Waals surface area (Å²) < 4.78 is 5.43. The Labute approximate surface area is 474 Å². The fraction of sp³-hybridized carbons (Fsp3) is 0.247. The van der Waals surface area contributed by atoms with Crippen molar-refractivity contribution in [3.63, 3.8) is 0 Å². The van der Waals surface area contributed by atoms with Crippen molar-refractivity contribution in [2.24, 2.45) is 17.8 Å². The van der Waals surface area contributed by atoms with E-state index in [-0.39, 0.29) is 23.0 Å². The van der Waals surface area contributed by atoms with Crippen LogP contribution in [0.3, 0.4) is 0 Å². The Hall–Kier alpha value is -8.08. The van der Waals surface area contributed by atoms with E-state index in [0.29, 0.717) is 5.41 Å². The standard InChI is InChI=1S/C77H64BN3/c1-74(2,3)45-24-28-49(29-25-45)79-62-32-26-46(75(4,5)6)36-59(62)78-60-39-56-53-18-11-12-21-58(53)76(7,8)71(56)69-57-35-47(77-40-43-33-48(77)34-44(43)41-77)27-31-61(57)81(73(60)69)66-38-50(37-65(79)72(66)78)80-63-22-14-20-55-52-17-10-9-16-51(52)54-19-13-15-42-23-30-64(80)70(67(42)54)68(55)63/h9-32,35-39,43-44,48H,33-34,40-41H2,1-8H3. The molecule has 12 aromatic rings. The Morgan fingerprint density at radius 1 is 0.469 bits per heavy atom. The van der Waals surface area contributed by atoms with Crippen LogP contribution in [0, 0.1) is 17.8 Å². The highest BCUT2D eigenvalue weighted by Gasteiger charge is 2.63. The highest BCUT2D eigenvalue weighted by Crippen LogP contribution is 2.71. The van der Waals surface area contributed by atoms with Gasteiger partial charge in [0.2, 0.25) is 0 Å². The lowest BCUT2D eigenvalue weighted by Gasteiger charge is -2.41. The molecule has 0 amide bonds. The van der Waals surface area contributed by atoms with Gasteiger partial charge in [0.1, 0.15) is 0 Å². The fourth-order valence-electron chi connectivity index (χ4n) is 18.7. The minimum atomic E-state index is -0.204. The minimum Gasteiger partial charge on any atom is -0.311 e. The van der Waals surface area contributed by atoms with Gasteiger partial charge in [-0.3, -0.25) is 0 Å². The predicted molar refractivity (Wildman–Crippen MR) is 342 cm³/mol. The maximum atomic E-state index is 2.79. The van der Waals surface area contributed by atoms with Gasteiger partial charge in [0, 0.05) is 55.2 Å². The van der Waals surface area contributed by atoms with Crippen LogP contribution in [0.2, 0.25) is 0 Å². The van der Waals surface area contributed by atoms with Crippen molar-refractivity contribution in [1.82, 2.24) is 9.13 Å². The molecule has 4 fully saturated rings. The first-order valence-electron chi connectivity index (χ1n) is 30.2. The molecule has 0 spiro atoms. The molecule has 20 rings (SSSR count). The van der Waals surface area contributed by atoms with Crippen molar-refractivity contribution < 1.29 is 0 Å². The van der Waals surface area contributed by atoms with Gasteiger partial charge >= 0.3 is 0 Å². The summed E-state index contributed by atoms with van der Waals surface area (Å²) in [6.45, 7) is 19.1. The third-order valence-electron chi connectivity index (χ3n) is 22.2. The van der Waals surface area contributed by atoms with E-state index in [1.165, 1.54) is 181 Å². The Morgan fingerprint density at radius 2 is 1.12 bits per heavy atom. The molecule has 2 unspecified atom stereocenters. The number of aromatic nitrogens is 2. The lowest BCUT2D eigenvalue weighted by Crippen LogP contribution is -2.60. The van der Waals surface area contributed by atoms with Crippen molar-refractivity contribution >= 4 is 94.5 Å². The summed E-state index contributed by atoms with van der Waals surface area (Å²) in [7, 11) is 0. The monoisotopic (exact) mass is 1040 g/mol. The molecule has 0 N–H and O–H groups in total. The minimum absolute atomic E-state index is 0.0156. The second-order valence-electron chi connectivity index (χ2n) is 28.5. The Balaban J connectivity index is 0.992. The third kappa shape index (κ3) is 5.50. The first-order chi connectivity index (χ1) is 39.2. The van der Waals surface area contributed by atoms with Gasteiger partial charge in [-0.25, -0.2) is 0 Å². The highest BCUT2D eigenvalue weighted by atomic mass is 15.2. The molecule has 0 saturated heterocycles. The summed E-state index contributed by atoms with van der Waals surface area (Å²) in [5.74, 6) is 2.62. The van der Waals surface area contributed by atoms with Gasteiger partial charge in [-0.05, 0) is 203 Å². The third-order valence-corrected chi connectivity index (χ3v) is 22.2. The molecule has 6 aliphatic carbocycles. The molecule has 81 heavy (non-hydrogen) atoms. The molecule has 4 heteroatoms. The molecular weight excluding hydrogens is 978 g/mol. The lowest BCUT2D eigenvalue weighted by atomic mass is 9.33. The first kappa shape index (κ1) is 45.6. The summed E-state index contributed by atoms with van der Waals surface area (Å²) >= 11 is 0. The second kappa shape index (κ2) is 14.7. The largest absolute Gasteiger partial charge is 0.311 e. The van der Waals surface area contributed by atoms with E-state index in [4.69, 9.17) is 0 Å². The van der Waals surface area contributed by atoms with Crippen molar-refractivity contribution in [2.45, 2.75) is 103 Å². The number of nitrogens with zero attached hydrogens (tertiary/aromatic N) is 3. The second-order valence-corrected chi connectivity index (χ2v) is 28.5. The number of rotatable bonds is 3. The zero-order valence-electron chi connectivity index (χ0n) is 47.7. The average Bonchev–Trinajstić information content (AvgIpc) is 2.49. The molecule has 2 atom stereocenters. The van der Waals surface area contributed by atoms with Gasteiger partial charge in [-0.2, -0.15) is 0 Å². The summed E-state index contributed by atoms with van der Waals surface area (Å²) in [6, 6.07) is 70.2. The topological polar surface area (TPSA) is 13.1 Å². The molecular formula is C77H64BN3. The number of hydrogen-bond donors (Lipinski definition) is 0. The quantitative estimate of drug-likeness (QED) is 0.161. The lowest BCUT2D eigenvalue weighted by molar-refractivity contribution is 0.371. The van der Waals surface area contributed by atoms with Gasteiger partial charge < -0.3 is 14.0 Å². The van der Waals surface area contributed by atoms with Crippen molar-refractivity contribution in [1.29, 1.82) is 0 Å². The molecule has 2 aliphatic heterocycles. The molecule has 4 heterocycles. The van der Waals surface area contributed by atoms with Crippen LogP contribution in [-0.2, 0) is 21.7 Å². The smallest absolute Gasteiger partial charge is 0.252 e. The Kier molecular flexibility index (Phi) is 8.28. The summed E-state index contributed by atoms with van der Waals surface area (Å²) in [4.78, 5) is 2.65. The number of benzene rings is 10. The fourth-order valence-corrected chi connectivity index (χ4v) is 18.7. The molecule has 390 valence electrons. The zero-order chi connectivity index (χ0) is 54.1. The van der Waals surface area contributed by atoms with Crippen LogP contribution in [0.5, 0.6) is 0 Å². The molecule has 8 aliphatic rings. The molecule has 4 saturated carbocycles. The molecule has 3 nitrogen and oxygen atoms in total. The van der Waals surface area contributed by atoms with Crippen LogP contribution in [0.4, 0.5) is 17.1 Å². The highest BCUT2D eigenvalue weighted by molar-refractivity contribution is 7.00. The van der Waals surface area contributed by atoms with E-state index in [9.17, 15) is 0 Å². The van der Waals surface area contributed by atoms with Crippen LogP contribution in [0.25, 0.3) is 99.1 Å². The summed E-state index contributed by atoms with van der Waals surface area (Å²) in [5.41, 5.74) is 30.8. The van der Waals surface area contributed by atoms with E-state index in [1.807, 2.05) is 0 Å². The predicted octanol–water partition coefficient (Wildman–Crippen LogP) is 17.9. The number of hydrogen-bond acceptors (Lipinski definition) is 1. The van der Waals surface area contributed by atoms with E-state index in [0.717, 1.165) is 17.8 Å². The molecule has 0 radical (unpaired) electrons. The van der Waals surface area contributed by atoms with Gasteiger partial charge in [0.15, 0.2) is 0 Å². The molecule has 10 aromatic carbocycles. The van der Waals surface area contributed by atoms with Gasteiger partial charge in [-0.15, -0.1) is 0 Å².